The van der Waals surface area contributed by atoms with Gasteiger partial charge in [-0.15, -0.1) is 0 Å². The second-order valence-corrected chi connectivity index (χ2v) is 9.07. The first-order valence-electron chi connectivity index (χ1n) is 13.0. The van der Waals surface area contributed by atoms with Crippen LogP contribution in [0.5, 0.6) is 5.75 Å². The van der Waals surface area contributed by atoms with Gasteiger partial charge in [0.2, 0.25) is 0 Å². The van der Waals surface area contributed by atoms with E-state index in [9.17, 15) is 9.90 Å². The van der Waals surface area contributed by atoms with Gasteiger partial charge in [0.1, 0.15) is 11.9 Å². The quantitative estimate of drug-likeness (QED) is 0.178. The molecular weight excluding hydrogens is 462 g/mol. The number of nitrogens with zero attached hydrogens (tertiary/aromatic N) is 3. The van der Waals surface area contributed by atoms with Gasteiger partial charge in [-0.25, -0.2) is 15.0 Å². The van der Waals surface area contributed by atoms with Crippen LogP contribution in [0.2, 0.25) is 0 Å². The Morgan fingerprint density at radius 1 is 0.811 bits per heavy atom. The molecule has 6 nitrogen and oxygen atoms in total. The molecule has 0 fully saturated rings. The maximum Gasteiger partial charge on any atom is 0.306 e. The lowest BCUT2D eigenvalue weighted by atomic mass is 10.0. The molecular formula is C31H33N3O3. The molecule has 0 saturated carbocycles. The lowest BCUT2D eigenvalue weighted by Crippen LogP contribution is -2.19. The van der Waals surface area contributed by atoms with E-state index in [4.69, 9.17) is 19.7 Å². The van der Waals surface area contributed by atoms with Crippen LogP contribution in [-0.4, -0.2) is 32.1 Å². The average molecular weight is 496 g/mol. The van der Waals surface area contributed by atoms with Crippen molar-refractivity contribution in [3.8, 4) is 39.9 Å². The minimum Gasteiger partial charge on any atom is -0.507 e. The summed E-state index contributed by atoms with van der Waals surface area (Å²) in [6, 6.07) is 24.9. The van der Waals surface area contributed by atoms with E-state index in [1.54, 1.807) is 6.07 Å². The third-order valence-electron chi connectivity index (χ3n) is 6.20. The summed E-state index contributed by atoms with van der Waals surface area (Å²) in [7, 11) is 0. The summed E-state index contributed by atoms with van der Waals surface area (Å²) in [6.07, 6.45) is 4.39. The maximum atomic E-state index is 12.2. The van der Waals surface area contributed by atoms with Gasteiger partial charge in [0.05, 0.1) is 5.56 Å². The van der Waals surface area contributed by atoms with Crippen molar-refractivity contribution in [2.45, 2.75) is 58.5 Å². The Balaban J connectivity index is 1.60. The van der Waals surface area contributed by atoms with Crippen LogP contribution in [-0.2, 0) is 16.0 Å². The first-order chi connectivity index (χ1) is 18.1. The van der Waals surface area contributed by atoms with E-state index in [1.165, 1.54) is 0 Å². The van der Waals surface area contributed by atoms with Crippen LogP contribution >= 0.6 is 0 Å². The van der Waals surface area contributed by atoms with Gasteiger partial charge in [0, 0.05) is 24.0 Å². The molecule has 4 aromatic rings. The zero-order valence-electron chi connectivity index (χ0n) is 21.4. The SMILES string of the molecule is CCCCCC(=O)OC(CC)Cc1ccc(-c2nc(-c3ccccc3)nc(-c3ccccc3)n2)c(O)c1. The molecule has 37 heavy (non-hydrogen) atoms. The Bertz CT molecular complexity index is 1250. The Labute approximate surface area is 218 Å². The second-order valence-electron chi connectivity index (χ2n) is 9.07. The minimum absolute atomic E-state index is 0.0749. The van der Waals surface area contributed by atoms with Crippen molar-refractivity contribution in [2.75, 3.05) is 0 Å². The van der Waals surface area contributed by atoms with Gasteiger partial charge < -0.3 is 9.84 Å². The van der Waals surface area contributed by atoms with Crippen molar-refractivity contribution < 1.29 is 14.6 Å². The highest BCUT2D eigenvalue weighted by molar-refractivity contribution is 5.70. The summed E-state index contributed by atoms with van der Waals surface area (Å²) in [5.74, 6) is 1.38. The summed E-state index contributed by atoms with van der Waals surface area (Å²) in [6.45, 7) is 4.11. The number of esters is 1. The maximum absolute atomic E-state index is 12.2. The molecule has 1 aromatic heterocycles. The van der Waals surface area contributed by atoms with E-state index < -0.39 is 0 Å². The number of aromatic nitrogens is 3. The number of rotatable bonds is 11. The molecule has 0 spiro atoms. The third-order valence-corrected chi connectivity index (χ3v) is 6.20. The predicted molar refractivity (Wildman–Crippen MR) is 146 cm³/mol. The fourth-order valence-electron chi connectivity index (χ4n) is 4.12. The highest BCUT2D eigenvalue weighted by Gasteiger charge is 2.17. The van der Waals surface area contributed by atoms with Crippen LogP contribution in [0.4, 0.5) is 0 Å². The van der Waals surface area contributed by atoms with Crippen LogP contribution in [0.1, 0.15) is 51.5 Å². The summed E-state index contributed by atoms with van der Waals surface area (Å²) in [4.78, 5) is 26.3. The molecule has 1 N–H and O–H groups in total. The van der Waals surface area contributed by atoms with Crippen LogP contribution in [0, 0.1) is 0 Å². The van der Waals surface area contributed by atoms with Gasteiger partial charge >= 0.3 is 5.97 Å². The smallest absolute Gasteiger partial charge is 0.306 e. The van der Waals surface area contributed by atoms with E-state index in [0.717, 1.165) is 36.0 Å². The molecule has 0 radical (unpaired) electrons. The second kappa shape index (κ2) is 12.8. The zero-order valence-corrected chi connectivity index (χ0v) is 21.4. The molecule has 4 rings (SSSR count). The minimum atomic E-state index is -0.231. The largest absolute Gasteiger partial charge is 0.507 e. The molecule has 0 saturated heterocycles. The van der Waals surface area contributed by atoms with E-state index in [1.807, 2.05) is 79.7 Å². The fourth-order valence-corrected chi connectivity index (χ4v) is 4.12. The van der Waals surface area contributed by atoms with Gasteiger partial charge in [-0.2, -0.15) is 0 Å². The molecule has 0 aliphatic carbocycles. The Morgan fingerprint density at radius 2 is 1.41 bits per heavy atom. The highest BCUT2D eigenvalue weighted by atomic mass is 16.5. The number of phenols is 1. The van der Waals surface area contributed by atoms with Crippen molar-refractivity contribution >= 4 is 5.97 Å². The van der Waals surface area contributed by atoms with E-state index >= 15 is 0 Å². The van der Waals surface area contributed by atoms with Gasteiger partial charge in [0.15, 0.2) is 17.5 Å². The Morgan fingerprint density at radius 3 is 1.95 bits per heavy atom. The summed E-state index contributed by atoms with van der Waals surface area (Å²) in [5.41, 5.74) is 3.14. The monoisotopic (exact) mass is 495 g/mol. The van der Waals surface area contributed by atoms with E-state index in [-0.39, 0.29) is 17.8 Å². The molecule has 190 valence electrons. The normalized spacial score (nSPS) is 11.7. The Hall–Kier alpha value is -4.06. The molecule has 0 aliphatic heterocycles. The molecule has 6 heteroatoms. The van der Waals surface area contributed by atoms with Crippen molar-refractivity contribution in [3.05, 3.63) is 84.4 Å². The third kappa shape index (κ3) is 7.00. The number of carbonyl (C=O) groups is 1. The summed E-state index contributed by atoms with van der Waals surface area (Å²) < 4.78 is 5.68. The fraction of sp³-hybridized carbons (Fsp3) is 0.290. The number of phenolic OH excluding ortho intramolecular Hbond substituents is 1. The zero-order chi connectivity index (χ0) is 26.0. The number of unbranched alkanes of at least 4 members (excludes halogenated alkanes) is 2. The molecule has 1 heterocycles. The number of ether oxygens (including phenoxy) is 1. The van der Waals surface area contributed by atoms with Crippen LogP contribution in [0.3, 0.4) is 0 Å². The Kier molecular flexibility index (Phi) is 8.98. The summed E-state index contributed by atoms with van der Waals surface area (Å²) >= 11 is 0. The first-order valence-corrected chi connectivity index (χ1v) is 13.0. The lowest BCUT2D eigenvalue weighted by Gasteiger charge is -2.17. The molecule has 0 amide bonds. The topological polar surface area (TPSA) is 85.2 Å². The number of aromatic hydroxyl groups is 1. The number of hydrogen-bond donors (Lipinski definition) is 1. The molecule has 3 aromatic carbocycles. The van der Waals surface area contributed by atoms with Gasteiger partial charge in [-0.1, -0.05) is 93.4 Å². The highest BCUT2D eigenvalue weighted by Crippen LogP contribution is 2.31. The van der Waals surface area contributed by atoms with Crippen molar-refractivity contribution in [2.24, 2.45) is 0 Å². The van der Waals surface area contributed by atoms with Gasteiger partial charge in [-0.05, 0) is 30.5 Å². The standard InChI is InChI=1S/C31H33N3O3/c1-3-5-8-17-28(36)37-25(4-2)20-22-18-19-26(27(35)21-22)31-33-29(23-13-9-6-10-14-23)32-30(34-31)24-15-11-7-12-16-24/h6-7,9-16,18-19,21,25,35H,3-5,8,17,20H2,1-2H3. The molecule has 0 bridgehead atoms. The summed E-state index contributed by atoms with van der Waals surface area (Å²) in [5, 5.41) is 11.0. The molecule has 1 unspecified atom stereocenters. The van der Waals surface area contributed by atoms with Crippen molar-refractivity contribution in [1.29, 1.82) is 0 Å². The van der Waals surface area contributed by atoms with Gasteiger partial charge in [0.25, 0.3) is 0 Å². The van der Waals surface area contributed by atoms with E-state index in [2.05, 4.69) is 6.92 Å². The van der Waals surface area contributed by atoms with Crippen molar-refractivity contribution in [1.82, 2.24) is 15.0 Å². The molecule has 1 atom stereocenters. The number of hydrogen-bond acceptors (Lipinski definition) is 6. The average Bonchev–Trinajstić information content (AvgIpc) is 2.93. The van der Waals surface area contributed by atoms with Crippen LogP contribution in [0.15, 0.2) is 78.9 Å². The molecule has 0 aliphatic rings. The van der Waals surface area contributed by atoms with Crippen LogP contribution < -0.4 is 0 Å². The number of carbonyl (C=O) groups excluding carboxylic acids is 1. The van der Waals surface area contributed by atoms with E-state index in [0.29, 0.717) is 42.3 Å². The first kappa shape index (κ1) is 26.0. The number of benzene rings is 3. The van der Waals surface area contributed by atoms with Gasteiger partial charge in [-0.3, -0.25) is 4.79 Å². The lowest BCUT2D eigenvalue weighted by molar-refractivity contribution is -0.149. The van der Waals surface area contributed by atoms with Crippen molar-refractivity contribution in [3.63, 3.8) is 0 Å². The van der Waals surface area contributed by atoms with Crippen LogP contribution in [0.25, 0.3) is 34.2 Å². The predicted octanol–water partition coefficient (Wildman–Crippen LogP) is 7.02.